The van der Waals surface area contributed by atoms with Crippen molar-refractivity contribution in [3.63, 3.8) is 0 Å². The van der Waals surface area contributed by atoms with E-state index >= 15 is 0 Å². The van der Waals surface area contributed by atoms with Crippen LogP contribution in [0.25, 0.3) is 0 Å². The number of nitrogens with one attached hydrogen (secondary N) is 1. The molecule has 0 aromatic carbocycles. The zero-order valence-corrected chi connectivity index (χ0v) is 10.4. The van der Waals surface area contributed by atoms with E-state index in [1.54, 1.807) is 0 Å². The molecule has 2 aliphatic heterocycles. The molecule has 0 bridgehead atoms. The fourth-order valence-corrected chi connectivity index (χ4v) is 2.90. The van der Waals surface area contributed by atoms with Gasteiger partial charge in [-0.15, -0.1) is 0 Å². The summed E-state index contributed by atoms with van der Waals surface area (Å²) in [6, 6.07) is 0.197. The predicted molar refractivity (Wildman–Crippen MR) is 62.4 cm³/mol. The van der Waals surface area contributed by atoms with Crippen LogP contribution >= 0.6 is 0 Å². The van der Waals surface area contributed by atoms with Gasteiger partial charge in [0.25, 0.3) is 5.92 Å². The maximum absolute atomic E-state index is 13.5. The second-order valence-corrected chi connectivity index (χ2v) is 5.03. The average molecular weight is 248 g/mol. The highest BCUT2D eigenvalue weighted by Gasteiger charge is 2.47. The van der Waals surface area contributed by atoms with Crippen molar-refractivity contribution in [2.75, 3.05) is 32.8 Å². The summed E-state index contributed by atoms with van der Waals surface area (Å²) in [7, 11) is 0. The average Bonchev–Trinajstić information content (AvgIpc) is 2.63. The molecule has 0 amide bonds. The Kier molecular flexibility index (Phi) is 4.33. The molecule has 2 aliphatic rings. The Labute approximate surface area is 101 Å². The number of alkyl halides is 2. The minimum Gasteiger partial charge on any atom is -0.380 e. The standard InChI is InChI=1S/C12H22F2N2O/c1-2-17-8-11-7-12(13,14)9-16(11)10-3-5-15-6-4-10/h10-11,15H,2-9H2,1H3/t11-/m1/s1. The monoisotopic (exact) mass is 248 g/mol. The molecule has 0 aliphatic carbocycles. The van der Waals surface area contributed by atoms with E-state index in [4.69, 9.17) is 4.74 Å². The summed E-state index contributed by atoms with van der Waals surface area (Å²) >= 11 is 0. The SMILES string of the molecule is CCOC[C@H]1CC(F)(F)CN1C1CCNCC1. The first kappa shape index (κ1) is 13.2. The molecule has 1 N–H and O–H groups in total. The van der Waals surface area contributed by atoms with Gasteiger partial charge in [0, 0.05) is 25.1 Å². The van der Waals surface area contributed by atoms with Crippen molar-refractivity contribution in [1.29, 1.82) is 0 Å². The molecular weight excluding hydrogens is 226 g/mol. The normalized spacial score (nSPS) is 30.9. The Bertz CT molecular complexity index is 245. The van der Waals surface area contributed by atoms with Crippen LogP contribution in [0.2, 0.25) is 0 Å². The first-order valence-corrected chi connectivity index (χ1v) is 6.54. The summed E-state index contributed by atoms with van der Waals surface area (Å²) in [4.78, 5) is 1.98. The molecule has 0 aromatic rings. The van der Waals surface area contributed by atoms with E-state index in [2.05, 4.69) is 5.32 Å². The van der Waals surface area contributed by atoms with E-state index in [0.29, 0.717) is 19.3 Å². The quantitative estimate of drug-likeness (QED) is 0.815. The van der Waals surface area contributed by atoms with Gasteiger partial charge in [-0.3, -0.25) is 4.90 Å². The van der Waals surface area contributed by atoms with Gasteiger partial charge < -0.3 is 10.1 Å². The largest absolute Gasteiger partial charge is 0.380 e. The number of nitrogens with zero attached hydrogens (tertiary/aromatic N) is 1. The van der Waals surface area contributed by atoms with Crippen LogP contribution in [0.5, 0.6) is 0 Å². The van der Waals surface area contributed by atoms with Gasteiger partial charge in [0.05, 0.1) is 13.2 Å². The van der Waals surface area contributed by atoms with E-state index in [0.717, 1.165) is 25.9 Å². The van der Waals surface area contributed by atoms with Crippen LogP contribution in [-0.2, 0) is 4.74 Å². The summed E-state index contributed by atoms with van der Waals surface area (Å²) in [5.74, 6) is -2.54. The van der Waals surface area contributed by atoms with Crippen molar-refractivity contribution in [3.8, 4) is 0 Å². The van der Waals surface area contributed by atoms with Crippen molar-refractivity contribution in [1.82, 2.24) is 10.2 Å². The van der Waals surface area contributed by atoms with Gasteiger partial charge in [0.2, 0.25) is 0 Å². The lowest BCUT2D eigenvalue weighted by atomic mass is 10.0. The molecule has 0 radical (unpaired) electrons. The van der Waals surface area contributed by atoms with Crippen LogP contribution < -0.4 is 5.32 Å². The van der Waals surface area contributed by atoms with Gasteiger partial charge in [0.1, 0.15) is 0 Å². The van der Waals surface area contributed by atoms with E-state index in [9.17, 15) is 8.78 Å². The van der Waals surface area contributed by atoms with Crippen molar-refractivity contribution < 1.29 is 13.5 Å². The molecule has 0 aromatic heterocycles. The molecule has 100 valence electrons. The van der Waals surface area contributed by atoms with Gasteiger partial charge in [-0.25, -0.2) is 8.78 Å². The predicted octanol–water partition coefficient (Wildman–Crippen LogP) is 1.48. The van der Waals surface area contributed by atoms with Crippen LogP contribution in [0.15, 0.2) is 0 Å². The lowest BCUT2D eigenvalue weighted by molar-refractivity contribution is 0.00585. The number of likely N-dealkylation sites (tertiary alicyclic amines) is 1. The first-order chi connectivity index (χ1) is 8.12. The fourth-order valence-electron chi connectivity index (χ4n) is 2.90. The number of hydrogen-bond acceptors (Lipinski definition) is 3. The van der Waals surface area contributed by atoms with Crippen LogP contribution in [0, 0.1) is 0 Å². The smallest absolute Gasteiger partial charge is 0.262 e. The number of hydrogen-bond donors (Lipinski definition) is 1. The van der Waals surface area contributed by atoms with Crippen LogP contribution in [0.4, 0.5) is 8.78 Å². The lowest BCUT2D eigenvalue weighted by Crippen LogP contribution is -2.47. The topological polar surface area (TPSA) is 24.5 Å². The van der Waals surface area contributed by atoms with Gasteiger partial charge in [-0.05, 0) is 32.9 Å². The molecule has 2 fully saturated rings. The van der Waals surface area contributed by atoms with E-state index < -0.39 is 5.92 Å². The third kappa shape index (κ3) is 3.36. The van der Waals surface area contributed by atoms with Crippen molar-refractivity contribution >= 4 is 0 Å². The summed E-state index contributed by atoms with van der Waals surface area (Å²) in [5, 5.41) is 3.27. The fraction of sp³-hybridized carbons (Fsp3) is 1.00. The highest BCUT2D eigenvalue weighted by molar-refractivity contribution is 4.94. The Morgan fingerprint density at radius 3 is 2.71 bits per heavy atom. The minimum absolute atomic E-state index is 0.0447. The summed E-state index contributed by atoms with van der Waals surface area (Å²) in [6.07, 6.45) is 1.90. The van der Waals surface area contributed by atoms with Crippen molar-refractivity contribution in [3.05, 3.63) is 0 Å². The van der Waals surface area contributed by atoms with E-state index in [-0.39, 0.29) is 19.0 Å². The van der Waals surface area contributed by atoms with Crippen molar-refractivity contribution in [2.45, 2.75) is 44.2 Å². The third-order valence-corrected chi connectivity index (χ3v) is 3.71. The molecule has 17 heavy (non-hydrogen) atoms. The van der Waals surface area contributed by atoms with E-state index in [1.165, 1.54) is 0 Å². The maximum atomic E-state index is 13.5. The molecule has 2 heterocycles. The molecule has 2 saturated heterocycles. The second-order valence-electron chi connectivity index (χ2n) is 5.03. The van der Waals surface area contributed by atoms with Gasteiger partial charge in [0.15, 0.2) is 0 Å². The summed E-state index contributed by atoms with van der Waals surface area (Å²) in [5.41, 5.74) is 0. The van der Waals surface area contributed by atoms with Crippen LogP contribution in [0.1, 0.15) is 26.2 Å². The number of piperidine rings is 1. The highest BCUT2D eigenvalue weighted by Crippen LogP contribution is 2.35. The molecule has 0 unspecified atom stereocenters. The second kappa shape index (κ2) is 5.59. The zero-order valence-electron chi connectivity index (χ0n) is 10.4. The van der Waals surface area contributed by atoms with Gasteiger partial charge in [-0.1, -0.05) is 0 Å². The third-order valence-electron chi connectivity index (χ3n) is 3.71. The molecule has 0 saturated carbocycles. The maximum Gasteiger partial charge on any atom is 0.262 e. The highest BCUT2D eigenvalue weighted by atomic mass is 19.3. The van der Waals surface area contributed by atoms with Crippen molar-refractivity contribution in [2.24, 2.45) is 0 Å². The zero-order chi connectivity index (χ0) is 12.3. The minimum atomic E-state index is -2.54. The Morgan fingerprint density at radius 2 is 2.06 bits per heavy atom. The Morgan fingerprint density at radius 1 is 1.35 bits per heavy atom. The number of rotatable bonds is 4. The van der Waals surface area contributed by atoms with Crippen LogP contribution in [-0.4, -0.2) is 55.8 Å². The Balaban J connectivity index is 1.96. The van der Waals surface area contributed by atoms with Crippen LogP contribution in [0.3, 0.4) is 0 Å². The lowest BCUT2D eigenvalue weighted by Gasteiger charge is -2.35. The molecule has 5 heteroatoms. The molecule has 1 atom stereocenters. The first-order valence-electron chi connectivity index (χ1n) is 6.54. The molecule has 2 rings (SSSR count). The van der Waals surface area contributed by atoms with Gasteiger partial charge in [-0.2, -0.15) is 0 Å². The number of ether oxygens (including phenoxy) is 1. The Hall–Kier alpha value is -0.260. The molecular formula is C12H22F2N2O. The molecule has 3 nitrogen and oxygen atoms in total. The summed E-state index contributed by atoms with van der Waals surface area (Å²) in [6.45, 7) is 4.73. The van der Waals surface area contributed by atoms with E-state index in [1.807, 2.05) is 11.8 Å². The van der Waals surface area contributed by atoms with Gasteiger partial charge >= 0.3 is 0 Å². The summed E-state index contributed by atoms with van der Waals surface area (Å²) < 4.78 is 32.4. The molecule has 0 spiro atoms. The number of halogens is 2.